The van der Waals surface area contributed by atoms with E-state index in [1.807, 2.05) is 0 Å². The van der Waals surface area contributed by atoms with Crippen molar-refractivity contribution in [3.8, 4) is 20.9 Å². The Hall–Kier alpha value is -1.90. The summed E-state index contributed by atoms with van der Waals surface area (Å²) >= 11 is 4.10. The molecule has 4 unspecified atom stereocenters. The van der Waals surface area contributed by atoms with Gasteiger partial charge in [0.15, 0.2) is 0 Å². The van der Waals surface area contributed by atoms with Crippen LogP contribution in [0.3, 0.4) is 0 Å². The lowest BCUT2D eigenvalue weighted by Crippen LogP contribution is -2.31. The predicted molar refractivity (Wildman–Crippen MR) is 139 cm³/mol. The minimum atomic E-state index is 0.371. The molecule has 1 aromatic carbocycles. The van der Waals surface area contributed by atoms with Crippen LogP contribution in [0, 0.1) is 10.8 Å². The zero-order chi connectivity index (χ0) is 21.8. The highest BCUT2D eigenvalue weighted by Gasteiger charge is 2.44. The molecule has 32 heavy (non-hydrogen) atoms. The van der Waals surface area contributed by atoms with Gasteiger partial charge in [-0.1, -0.05) is 76.3 Å². The summed E-state index contributed by atoms with van der Waals surface area (Å²) < 4.78 is 0. The number of allylic oxidation sites excluding steroid dienone is 4. The molecule has 2 aromatic heterocycles. The van der Waals surface area contributed by atoms with Crippen molar-refractivity contribution in [3.05, 3.63) is 81.6 Å². The quantitative estimate of drug-likeness (QED) is 0.338. The van der Waals surface area contributed by atoms with E-state index in [-0.39, 0.29) is 0 Å². The van der Waals surface area contributed by atoms with E-state index in [4.69, 9.17) is 0 Å². The van der Waals surface area contributed by atoms with Gasteiger partial charge in [-0.05, 0) is 46.9 Å². The number of benzene rings is 1. The minimum absolute atomic E-state index is 0.371. The van der Waals surface area contributed by atoms with Crippen molar-refractivity contribution < 1.29 is 0 Å². The number of fused-ring (bicyclic) bond motifs is 2. The van der Waals surface area contributed by atoms with Crippen molar-refractivity contribution in [3.63, 3.8) is 0 Å². The predicted octanol–water partition coefficient (Wildman–Crippen LogP) is 9.48. The Morgan fingerprint density at radius 1 is 0.656 bits per heavy atom. The van der Waals surface area contributed by atoms with Crippen molar-refractivity contribution >= 4 is 22.7 Å². The molecule has 0 fully saturated rings. The lowest BCUT2D eigenvalue weighted by atomic mass is 9.61. The van der Waals surface area contributed by atoms with E-state index in [9.17, 15) is 0 Å². The molecule has 162 valence electrons. The Balaban J connectivity index is 1.34. The van der Waals surface area contributed by atoms with Gasteiger partial charge in [0, 0.05) is 54.3 Å². The number of hydrogen-bond donors (Lipinski definition) is 0. The van der Waals surface area contributed by atoms with E-state index in [0.717, 1.165) is 0 Å². The smallest absolute Gasteiger partial charge is 0.0355 e. The second kappa shape index (κ2) is 6.36. The Bertz CT molecular complexity index is 1210. The number of hydrogen-bond acceptors (Lipinski definition) is 2. The summed E-state index contributed by atoms with van der Waals surface area (Å²) in [6.07, 6.45) is 12.5. The summed E-state index contributed by atoms with van der Waals surface area (Å²) in [4.78, 5) is 6.15. The van der Waals surface area contributed by atoms with Crippen molar-refractivity contribution in [1.29, 1.82) is 0 Å². The van der Waals surface area contributed by atoms with Gasteiger partial charge in [0.2, 0.25) is 0 Å². The van der Waals surface area contributed by atoms with Gasteiger partial charge < -0.3 is 0 Å². The molecule has 0 saturated heterocycles. The Labute approximate surface area is 199 Å². The average Bonchev–Trinajstić information content (AvgIpc) is 3.39. The summed E-state index contributed by atoms with van der Waals surface area (Å²) in [5.41, 5.74) is 6.77. The van der Waals surface area contributed by atoms with Crippen LogP contribution < -0.4 is 0 Å². The third kappa shape index (κ3) is 2.60. The van der Waals surface area contributed by atoms with E-state index in [2.05, 4.69) is 111 Å². The lowest BCUT2D eigenvalue weighted by Gasteiger charge is -2.44. The van der Waals surface area contributed by atoms with Gasteiger partial charge in [-0.3, -0.25) is 0 Å². The summed E-state index contributed by atoms with van der Waals surface area (Å²) in [5, 5.41) is 0. The van der Waals surface area contributed by atoms with Crippen LogP contribution in [0.4, 0.5) is 0 Å². The summed E-state index contributed by atoms with van der Waals surface area (Å²) in [5.74, 6) is 2.35. The van der Waals surface area contributed by atoms with Crippen LogP contribution in [0.2, 0.25) is 0 Å². The van der Waals surface area contributed by atoms with Crippen LogP contribution in [0.5, 0.6) is 0 Å². The largest absolute Gasteiger partial charge is 0.139 e. The van der Waals surface area contributed by atoms with Gasteiger partial charge >= 0.3 is 0 Å². The highest BCUT2D eigenvalue weighted by molar-refractivity contribution is 7.17. The molecule has 4 bridgehead atoms. The average molecular weight is 455 g/mol. The van der Waals surface area contributed by atoms with E-state index in [1.165, 1.54) is 33.7 Å². The zero-order valence-electron chi connectivity index (χ0n) is 19.3. The van der Waals surface area contributed by atoms with Gasteiger partial charge in [0.1, 0.15) is 0 Å². The minimum Gasteiger partial charge on any atom is -0.139 e. The first-order valence-electron chi connectivity index (χ1n) is 12.1. The molecule has 0 saturated carbocycles. The van der Waals surface area contributed by atoms with Gasteiger partial charge in [-0.2, -0.15) is 0 Å². The van der Waals surface area contributed by atoms with Crippen LogP contribution in [0.1, 0.15) is 85.1 Å². The molecular formula is C30H30S2. The normalized spacial score (nSPS) is 29.9. The number of rotatable bonds is 2. The van der Waals surface area contributed by atoms with Crippen molar-refractivity contribution in [2.24, 2.45) is 10.8 Å². The molecule has 0 aliphatic heterocycles. The Kier molecular flexibility index (Phi) is 3.89. The van der Waals surface area contributed by atoms with Crippen molar-refractivity contribution in [1.82, 2.24) is 0 Å². The highest BCUT2D eigenvalue weighted by atomic mass is 32.1. The second-order valence-corrected chi connectivity index (χ2v) is 13.9. The van der Waals surface area contributed by atoms with E-state index >= 15 is 0 Å². The first kappa shape index (κ1) is 19.6. The van der Waals surface area contributed by atoms with Crippen LogP contribution in [-0.2, 0) is 0 Å². The van der Waals surface area contributed by atoms with E-state index in [0.29, 0.717) is 34.5 Å². The lowest BCUT2D eigenvalue weighted by molar-refractivity contribution is 0.254. The molecule has 0 radical (unpaired) electrons. The second-order valence-electron chi connectivity index (χ2n) is 11.7. The van der Waals surface area contributed by atoms with Crippen molar-refractivity contribution in [2.45, 2.75) is 64.2 Å². The molecule has 6 aliphatic rings. The van der Waals surface area contributed by atoms with Gasteiger partial charge in [0.25, 0.3) is 0 Å². The maximum absolute atomic E-state index is 2.53. The van der Waals surface area contributed by atoms with E-state index < -0.39 is 0 Å². The maximum Gasteiger partial charge on any atom is 0.0355 e. The molecular weight excluding hydrogens is 424 g/mol. The standard InChI is InChI=1S/C30H30S2/c1-29(2)15-17-9-11-23(29)21-13-25(31-27(17)21)19-7-5-6-8-20(19)26-14-22-24-12-10-18(28(22)32-26)16-30(24,3)4/h5-14,17-18,23-24H,15-16H2,1-4H3. The molecule has 4 atom stereocenters. The van der Waals surface area contributed by atoms with Crippen LogP contribution in [-0.4, -0.2) is 0 Å². The van der Waals surface area contributed by atoms with Crippen LogP contribution in [0.25, 0.3) is 20.9 Å². The molecule has 0 spiro atoms. The Morgan fingerprint density at radius 3 is 1.50 bits per heavy atom. The third-order valence-electron chi connectivity index (χ3n) is 8.63. The van der Waals surface area contributed by atoms with Gasteiger partial charge in [-0.15, -0.1) is 22.7 Å². The van der Waals surface area contributed by atoms with Crippen molar-refractivity contribution in [2.75, 3.05) is 0 Å². The summed E-state index contributed by atoms with van der Waals surface area (Å²) in [6.45, 7) is 9.79. The molecule has 9 rings (SSSR count). The molecule has 6 aliphatic carbocycles. The first-order chi connectivity index (χ1) is 15.3. The summed E-state index contributed by atoms with van der Waals surface area (Å²) in [6, 6.07) is 14.2. The first-order valence-corrected chi connectivity index (χ1v) is 13.7. The molecule has 0 nitrogen and oxygen atoms in total. The van der Waals surface area contributed by atoms with Crippen LogP contribution >= 0.6 is 22.7 Å². The molecule has 3 aromatic rings. The molecule has 2 heterocycles. The fraction of sp³-hybridized carbons (Fsp3) is 0.400. The van der Waals surface area contributed by atoms with E-state index in [1.54, 1.807) is 20.9 Å². The zero-order valence-corrected chi connectivity index (χ0v) is 20.9. The van der Waals surface area contributed by atoms with Gasteiger partial charge in [-0.25, -0.2) is 0 Å². The summed E-state index contributed by atoms with van der Waals surface area (Å²) in [7, 11) is 0. The fourth-order valence-electron chi connectivity index (χ4n) is 7.03. The van der Waals surface area contributed by atoms with Crippen LogP contribution in [0.15, 0.2) is 60.7 Å². The third-order valence-corrected chi connectivity index (χ3v) is 11.3. The maximum atomic E-state index is 2.53. The highest BCUT2D eigenvalue weighted by Crippen LogP contribution is 2.60. The number of thiophene rings is 2. The topological polar surface area (TPSA) is 0 Å². The molecule has 2 heteroatoms. The van der Waals surface area contributed by atoms with Gasteiger partial charge in [0.05, 0.1) is 0 Å². The molecule has 0 N–H and O–H groups in total. The SMILES string of the molecule is CC1(C)CC2C=CC1c1cc(-c3ccccc3-c3cc4c(s3)C3C=CC4C(C)(C)C3)sc12. The monoisotopic (exact) mass is 454 g/mol. The fourth-order valence-corrected chi connectivity index (χ4v) is 9.68. The molecule has 0 amide bonds. The Morgan fingerprint density at radius 2 is 1.09 bits per heavy atom.